The Morgan fingerprint density at radius 2 is 2.29 bits per heavy atom. The van der Waals surface area contributed by atoms with Crippen molar-refractivity contribution in [3.63, 3.8) is 0 Å². The molecule has 0 bridgehead atoms. The third kappa shape index (κ3) is 3.05. The molecule has 1 aromatic heterocycles. The number of amides is 1. The molecule has 110 valence electrons. The first-order valence-electron chi connectivity index (χ1n) is 6.32. The van der Waals surface area contributed by atoms with Crippen LogP contribution in [0, 0.1) is 0 Å². The third-order valence-corrected chi connectivity index (χ3v) is 4.28. The highest BCUT2D eigenvalue weighted by Crippen LogP contribution is 2.15. The number of nitrogens with one attached hydrogen (secondary N) is 1. The first-order chi connectivity index (χ1) is 10.0. The van der Waals surface area contributed by atoms with Gasteiger partial charge in [-0.25, -0.2) is 8.42 Å². The maximum Gasteiger partial charge on any atom is 0.256 e. The number of furan rings is 1. The molecule has 3 rings (SSSR count). The van der Waals surface area contributed by atoms with E-state index in [2.05, 4.69) is 9.71 Å². The Morgan fingerprint density at radius 3 is 3.05 bits per heavy atom. The molecule has 0 saturated carbocycles. The van der Waals surface area contributed by atoms with Crippen LogP contribution in [0.5, 0.6) is 0 Å². The first kappa shape index (κ1) is 13.6. The lowest BCUT2D eigenvalue weighted by Gasteiger charge is -2.26. The summed E-state index contributed by atoms with van der Waals surface area (Å²) < 4.78 is 31.4. The van der Waals surface area contributed by atoms with Gasteiger partial charge in [0.15, 0.2) is 0 Å². The zero-order chi connectivity index (χ0) is 14.9. The summed E-state index contributed by atoms with van der Waals surface area (Å²) in [5, 5.41) is 2.76. The van der Waals surface area contributed by atoms with Crippen LogP contribution in [-0.4, -0.2) is 37.4 Å². The molecule has 0 spiro atoms. The number of carbonyl (C=O) groups is 1. The Kier molecular flexibility index (Phi) is 3.38. The van der Waals surface area contributed by atoms with Crippen LogP contribution in [-0.2, 0) is 21.4 Å². The van der Waals surface area contributed by atoms with E-state index in [4.69, 9.17) is 4.42 Å². The third-order valence-electron chi connectivity index (χ3n) is 3.12. The molecule has 0 fully saturated rings. The molecule has 1 N–H and O–H groups in total. The van der Waals surface area contributed by atoms with Gasteiger partial charge in [0.2, 0.25) is 0 Å². The van der Waals surface area contributed by atoms with Crippen LogP contribution in [0.25, 0.3) is 0 Å². The summed E-state index contributed by atoms with van der Waals surface area (Å²) in [6.07, 6.45) is 7.80. The molecule has 7 nitrogen and oxygen atoms in total. The van der Waals surface area contributed by atoms with Crippen molar-refractivity contribution in [2.24, 2.45) is 4.40 Å². The molecular formula is C13H13N3O4S. The van der Waals surface area contributed by atoms with Gasteiger partial charge in [0.25, 0.3) is 15.9 Å². The summed E-state index contributed by atoms with van der Waals surface area (Å²) in [5.41, 5.74) is 1.33. The highest BCUT2D eigenvalue weighted by Gasteiger charge is 2.24. The largest absolute Gasteiger partial charge is 0.472 e. The Balaban J connectivity index is 1.69. The van der Waals surface area contributed by atoms with Crippen molar-refractivity contribution in [3.8, 4) is 0 Å². The van der Waals surface area contributed by atoms with Gasteiger partial charge >= 0.3 is 0 Å². The van der Waals surface area contributed by atoms with Crippen LogP contribution >= 0.6 is 0 Å². The van der Waals surface area contributed by atoms with Crippen molar-refractivity contribution in [1.82, 2.24) is 10.2 Å². The van der Waals surface area contributed by atoms with Gasteiger partial charge in [0.05, 0.1) is 23.9 Å². The second-order valence-corrected chi connectivity index (χ2v) is 6.42. The number of amidine groups is 1. The van der Waals surface area contributed by atoms with Gasteiger partial charge in [0.1, 0.15) is 5.84 Å². The number of carbonyl (C=O) groups excluding carboxylic acids is 1. The minimum atomic E-state index is -3.38. The van der Waals surface area contributed by atoms with Crippen molar-refractivity contribution < 1.29 is 17.6 Å². The number of fused-ring (bicyclic) bond motifs is 1. The second-order valence-electron chi connectivity index (χ2n) is 4.66. The summed E-state index contributed by atoms with van der Waals surface area (Å²) in [6, 6.07) is 1.77. The summed E-state index contributed by atoms with van der Waals surface area (Å²) in [4.78, 5) is 13.7. The lowest BCUT2D eigenvalue weighted by molar-refractivity contribution is -0.117. The van der Waals surface area contributed by atoms with Gasteiger partial charge in [0, 0.05) is 24.9 Å². The fourth-order valence-electron chi connectivity index (χ4n) is 2.01. The fraction of sp³-hybridized carbons (Fsp3) is 0.231. The van der Waals surface area contributed by atoms with Crippen LogP contribution in [0.2, 0.25) is 0 Å². The average molecular weight is 307 g/mol. The van der Waals surface area contributed by atoms with E-state index >= 15 is 0 Å². The van der Waals surface area contributed by atoms with E-state index in [-0.39, 0.29) is 11.7 Å². The highest BCUT2D eigenvalue weighted by atomic mass is 32.2. The SMILES string of the molecule is O=C(NCc1ccoc1)C1=CN2CCS(=O)(=O)N=C2C=C1. The van der Waals surface area contributed by atoms with Crippen LogP contribution in [0.1, 0.15) is 5.56 Å². The van der Waals surface area contributed by atoms with Gasteiger partial charge in [-0.1, -0.05) is 0 Å². The number of hydrogen-bond donors (Lipinski definition) is 1. The monoisotopic (exact) mass is 307 g/mol. The minimum absolute atomic E-state index is 0.0508. The van der Waals surface area contributed by atoms with Crippen molar-refractivity contribution in [1.29, 1.82) is 0 Å². The molecule has 0 saturated heterocycles. The van der Waals surface area contributed by atoms with E-state index in [0.717, 1.165) is 5.56 Å². The maximum absolute atomic E-state index is 12.0. The van der Waals surface area contributed by atoms with E-state index in [9.17, 15) is 13.2 Å². The molecule has 2 aliphatic heterocycles. The Labute approximate surface area is 121 Å². The fourth-order valence-corrected chi connectivity index (χ4v) is 2.98. The Morgan fingerprint density at radius 1 is 1.43 bits per heavy atom. The van der Waals surface area contributed by atoms with Crippen molar-refractivity contribution in [3.05, 3.63) is 48.1 Å². The molecule has 0 unspecified atom stereocenters. The maximum atomic E-state index is 12.0. The number of nitrogens with zero attached hydrogens (tertiary/aromatic N) is 2. The van der Waals surface area contributed by atoms with Crippen molar-refractivity contribution >= 4 is 21.8 Å². The molecule has 0 aromatic carbocycles. The molecule has 0 atom stereocenters. The summed E-state index contributed by atoms with van der Waals surface area (Å²) in [6.45, 7) is 0.667. The smallest absolute Gasteiger partial charge is 0.256 e. The predicted molar refractivity (Wildman–Crippen MR) is 75.7 cm³/mol. The quantitative estimate of drug-likeness (QED) is 0.872. The van der Waals surface area contributed by atoms with Gasteiger partial charge in [-0.15, -0.1) is 4.40 Å². The Hall–Kier alpha value is -2.35. The summed E-state index contributed by atoms with van der Waals surface area (Å²) in [7, 11) is -3.38. The topological polar surface area (TPSA) is 92.0 Å². The van der Waals surface area contributed by atoms with Crippen LogP contribution in [0.3, 0.4) is 0 Å². The Bertz CT molecular complexity index is 744. The number of sulfonamides is 1. The highest BCUT2D eigenvalue weighted by molar-refractivity contribution is 7.90. The van der Waals surface area contributed by atoms with E-state index in [1.165, 1.54) is 12.3 Å². The van der Waals surface area contributed by atoms with Gasteiger partial charge in [-0.05, 0) is 18.2 Å². The second kappa shape index (κ2) is 5.21. The van der Waals surface area contributed by atoms with Gasteiger partial charge in [-0.3, -0.25) is 4.79 Å². The normalized spacial score (nSPS) is 19.5. The lowest BCUT2D eigenvalue weighted by atomic mass is 10.1. The summed E-state index contributed by atoms with van der Waals surface area (Å²) >= 11 is 0. The van der Waals surface area contributed by atoms with Crippen LogP contribution < -0.4 is 5.32 Å². The van der Waals surface area contributed by atoms with Crippen molar-refractivity contribution in [2.45, 2.75) is 6.54 Å². The molecular weight excluding hydrogens is 294 g/mol. The van der Waals surface area contributed by atoms with E-state index in [1.54, 1.807) is 29.5 Å². The van der Waals surface area contributed by atoms with Gasteiger partial charge < -0.3 is 14.6 Å². The molecule has 3 heterocycles. The van der Waals surface area contributed by atoms with Crippen LogP contribution in [0.15, 0.2) is 51.3 Å². The molecule has 21 heavy (non-hydrogen) atoms. The molecule has 8 heteroatoms. The van der Waals surface area contributed by atoms with Gasteiger partial charge in [-0.2, -0.15) is 0 Å². The number of rotatable bonds is 3. The zero-order valence-corrected chi connectivity index (χ0v) is 11.8. The molecule has 0 aliphatic carbocycles. The zero-order valence-electron chi connectivity index (χ0n) is 11.0. The lowest BCUT2D eigenvalue weighted by Crippen LogP contribution is -2.38. The first-order valence-corrected chi connectivity index (χ1v) is 7.93. The van der Waals surface area contributed by atoms with E-state index < -0.39 is 10.0 Å². The molecule has 2 aliphatic rings. The molecule has 0 radical (unpaired) electrons. The van der Waals surface area contributed by atoms with E-state index in [1.807, 2.05) is 0 Å². The summed E-state index contributed by atoms with van der Waals surface area (Å²) in [5.74, 6) is 0.0534. The average Bonchev–Trinajstić information content (AvgIpc) is 2.96. The number of hydrogen-bond acceptors (Lipinski definition) is 5. The standard InChI is InChI=1S/C13H13N3O4S/c17-13(14-7-10-3-5-20-9-10)11-1-2-12-15-21(18,19)6-4-16(12)8-11/h1-3,5,8-9H,4,6-7H2,(H,14,17). The predicted octanol–water partition coefficient (Wildman–Crippen LogP) is 0.393. The van der Waals surface area contributed by atoms with Crippen LogP contribution in [0.4, 0.5) is 0 Å². The van der Waals surface area contributed by atoms with E-state index in [0.29, 0.717) is 24.5 Å². The minimum Gasteiger partial charge on any atom is -0.472 e. The molecule has 1 aromatic rings. The van der Waals surface area contributed by atoms with Crippen molar-refractivity contribution in [2.75, 3.05) is 12.3 Å². The molecule has 1 amide bonds.